The molecule has 112 valence electrons. The number of imide groups is 1. The van der Waals surface area contributed by atoms with E-state index in [1.165, 1.54) is 6.21 Å². The van der Waals surface area contributed by atoms with Gasteiger partial charge in [-0.05, 0) is 30.3 Å². The average Bonchev–Trinajstić information content (AvgIpc) is 3.06. The largest absolute Gasteiger partial charge is 0.361 e. The van der Waals surface area contributed by atoms with Gasteiger partial charge in [-0.2, -0.15) is 10.1 Å². The van der Waals surface area contributed by atoms with E-state index in [0.717, 1.165) is 25.9 Å². The molecule has 23 heavy (non-hydrogen) atoms. The zero-order valence-electron chi connectivity index (χ0n) is 11.8. The Balaban J connectivity index is 1.71. The Hall–Kier alpha value is -2.73. The second-order valence-corrected chi connectivity index (χ2v) is 6.06. The summed E-state index contributed by atoms with van der Waals surface area (Å²) in [5, 5.41) is 5.96. The van der Waals surface area contributed by atoms with E-state index >= 15 is 0 Å². The maximum atomic E-state index is 12.3. The molecule has 0 bridgehead atoms. The summed E-state index contributed by atoms with van der Waals surface area (Å²) in [6.07, 6.45) is 3.31. The number of aromatic amines is 1. The van der Waals surface area contributed by atoms with E-state index in [0.29, 0.717) is 11.1 Å². The predicted molar refractivity (Wildman–Crippen MR) is 90.5 cm³/mol. The lowest BCUT2D eigenvalue weighted by molar-refractivity contribution is 0.0660. The number of hydrogen-bond donors (Lipinski definition) is 1. The molecule has 0 saturated heterocycles. The number of H-pyrrole nitrogens is 1. The van der Waals surface area contributed by atoms with Gasteiger partial charge in [-0.1, -0.05) is 28.1 Å². The minimum atomic E-state index is -0.400. The van der Waals surface area contributed by atoms with Crippen LogP contribution in [0.1, 0.15) is 26.3 Å². The van der Waals surface area contributed by atoms with Crippen molar-refractivity contribution in [3.05, 3.63) is 69.8 Å². The summed E-state index contributed by atoms with van der Waals surface area (Å²) >= 11 is 3.43. The monoisotopic (exact) mass is 367 g/mol. The molecule has 0 fully saturated rings. The highest BCUT2D eigenvalue weighted by atomic mass is 79.9. The highest BCUT2D eigenvalue weighted by Gasteiger charge is 2.35. The fourth-order valence-corrected chi connectivity index (χ4v) is 2.98. The van der Waals surface area contributed by atoms with Crippen molar-refractivity contribution in [1.29, 1.82) is 0 Å². The first kappa shape index (κ1) is 13.9. The van der Waals surface area contributed by atoms with Crippen LogP contribution < -0.4 is 0 Å². The molecule has 0 radical (unpaired) electrons. The number of carbonyl (C=O) groups excluding carboxylic acids is 2. The second kappa shape index (κ2) is 5.17. The first-order valence-electron chi connectivity index (χ1n) is 6.93. The fourth-order valence-electron chi connectivity index (χ4n) is 2.62. The standard InChI is InChI=1S/C17H10BrN3O2/c18-11-5-6-15-14(7-11)10(8-19-15)9-20-21-16(22)12-3-1-2-4-13(12)17(21)23/h1-9,19H/b20-9+. The molecule has 4 rings (SSSR count). The van der Waals surface area contributed by atoms with Crippen molar-refractivity contribution in [3.63, 3.8) is 0 Å². The molecule has 1 aliphatic rings. The summed E-state index contributed by atoms with van der Waals surface area (Å²) in [7, 11) is 0. The van der Waals surface area contributed by atoms with Gasteiger partial charge in [0.1, 0.15) is 0 Å². The Labute approximate surface area is 139 Å². The molecule has 2 amide bonds. The van der Waals surface area contributed by atoms with E-state index in [1.807, 2.05) is 18.2 Å². The third-order valence-electron chi connectivity index (χ3n) is 3.76. The number of aromatic nitrogens is 1. The SMILES string of the molecule is O=C1c2ccccc2C(=O)N1/N=C/c1c[nH]c2ccc(Br)cc12. The van der Waals surface area contributed by atoms with Gasteiger partial charge in [-0.3, -0.25) is 9.59 Å². The molecule has 0 unspecified atom stereocenters. The van der Waals surface area contributed by atoms with Crippen LogP contribution in [0.2, 0.25) is 0 Å². The van der Waals surface area contributed by atoms with Gasteiger partial charge in [-0.25, -0.2) is 0 Å². The van der Waals surface area contributed by atoms with E-state index in [2.05, 4.69) is 26.0 Å². The van der Waals surface area contributed by atoms with Crippen LogP contribution in [0.3, 0.4) is 0 Å². The minimum Gasteiger partial charge on any atom is -0.361 e. The molecule has 5 nitrogen and oxygen atoms in total. The second-order valence-electron chi connectivity index (χ2n) is 5.15. The van der Waals surface area contributed by atoms with Crippen molar-refractivity contribution in [3.8, 4) is 0 Å². The van der Waals surface area contributed by atoms with E-state index in [4.69, 9.17) is 0 Å². The molecule has 2 aromatic carbocycles. The van der Waals surface area contributed by atoms with Crippen LogP contribution in [0.4, 0.5) is 0 Å². The van der Waals surface area contributed by atoms with Crippen molar-refractivity contribution in [2.24, 2.45) is 5.10 Å². The summed E-state index contributed by atoms with van der Waals surface area (Å²) in [6.45, 7) is 0. The number of hydrogen-bond acceptors (Lipinski definition) is 3. The van der Waals surface area contributed by atoms with Gasteiger partial charge >= 0.3 is 0 Å². The summed E-state index contributed by atoms with van der Waals surface area (Å²) in [5.74, 6) is -0.800. The Morgan fingerprint density at radius 2 is 1.74 bits per heavy atom. The predicted octanol–water partition coefficient (Wildman–Crippen LogP) is 3.56. The number of nitrogens with one attached hydrogen (secondary N) is 1. The van der Waals surface area contributed by atoms with Crippen LogP contribution in [0, 0.1) is 0 Å². The molecule has 6 heteroatoms. The van der Waals surface area contributed by atoms with Gasteiger partial charge in [0.05, 0.1) is 17.3 Å². The normalized spacial score (nSPS) is 14.2. The Morgan fingerprint density at radius 3 is 2.43 bits per heavy atom. The molecular formula is C17H10BrN3O2. The van der Waals surface area contributed by atoms with Crippen molar-refractivity contribution in [1.82, 2.24) is 9.99 Å². The summed E-state index contributed by atoms with van der Waals surface area (Å²) < 4.78 is 0.944. The number of rotatable bonds is 2. The molecule has 0 atom stereocenters. The van der Waals surface area contributed by atoms with Gasteiger partial charge in [0.25, 0.3) is 11.8 Å². The number of benzene rings is 2. The zero-order chi connectivity index (χ0) is 16.0. The summed E-state index contributed by atoms with van der Waals surface area (Å²) in [4.78, 5) is 27.7. The number of carbonyl (C=O) groups is 2. The molecular weight excluding hydrogens is 358 g/mol. The van der Waals surface area contributed by atoms with Gasteiger partial charge in [0, 0.05) is 27.1 Å². The average molecular weight is 368 g/mol. The lowest BCUT2D eigenvalue weighted by Gasteiger charge is -2.05. The summed E-state index contributed by atoms with van der Waals surface area (Å²) in [6, 6.07) is 12.6. The van der Waals surface area contributed by atoms with Gasteiger partial charge in [-0.15, -0.1) is 0 Å². The molecule has 1 N–H and O–H groups in total. The van der Waals surface area contributed by atoms with Crippen LogP contribution >= 0.6 is 15.9 Å². The van der Waals surface area contributed by atoms with E-state index in [9.17, 15) is 9.59 Å². The Morgan fingerprint density at radius 1 is 1.04 bits per heavy atom. The van der Waals surface area contributed by atoms with Gasteiger partial charge in [0.2, 0.25) is 0 Å². The zero-order valence-corrected chi connectivity index (χ0v) is 13.4. The minimum absolute atomic E-state index is 0.385. The van der Waals surface area contributed by atoms with E-state index in [-0.39, 0.29) is 0 Å². The quantitative estimate of drug-likeness (QED) is 0.555. The van der Waals surface area contributed by atoms with E-state index in [1.54, 1.807) is 30.5 Å². The number of nitrogens with zero attached hydrogens (tertiary/aromatic N) is 2. The van der Waals surface area contributed by atoms with Crippen molar-refractivity contribution >= 4 is 44.9 Å². The number of fused-ring (bicyclic) bond motifs is 2. The fraction of sp³-hybridized carbons (Fsp3) is 0. The molecule has 1 aliphatic heterocycles. The summed E-state index contributed by atoms with van der Waals surface area (Å²) in [5.41, 5.74) is 2.53. The Bertz CT molecular complexity index is 955. The smallest absolute Gasteiger partial charge is 0.282 e. The lowest BCUT2D eigenvalue weighted by atomic mass is 10.1. The van der Waals surface area contributed by atoms with Crippen LogP contribution in [-0.2, 0) is 0 Å². The first-order valence-corrected chi connectivity index (χ1v) is 7.73. The number of amides is 2. The number of hydrazone groups is 1. The maximum absolute atomic E-state index is 12.3. The van der Waals surface area contributed by atoms with Crippen LogP contribution in [0.15, 0.2) is 58.2 Å². The van der Waals surface area contributed by atoms with Crippen LogP contribution in [-0.4, -0.2) is 28.0 Å². The Kier molecular flexibility index (Phi) is 3.12. The topological polar surface area (TPSA) is 65.5 Å². The first-order chi connectivity index (χ1) is 11.1. The third kappa shape index (κ3) is 2.19. The highest BCUT2D eigenvalue weighted by Crippen LogP contribution is 2.24. The molecule has 1 aromatic heterocycles. The molecule has 0 aliphatic carbocycles. The van der Waals surface area contributed by atoms with E-state index < -0.39 is 11.8 Å². The van der Waals surface area contributed by atoms with Crippen molar-refractivity contribution in [2.75, 3.05) is 0 Å². The molecule has 0 saturated carbocycles. The van der Waals surface area contributed by atoms with Crippen molar-refractivity contribution < 1.29 is 9.59 Å². The molecule has 0 spiro atoms. The van der Waals surface area contributed by atoms with Gasteiger partial charge in [0.15, 0.2) is 0 Å². The van der Waals surface area contributed by atoms with Crippen molar-refractivity contribution in [2.45, 2.75) is 0 Å². The lowest BCUT2D eigenvalue weighted by Crippen LogP contribution is -2.23. The third-order valence-corrected chi connectivity index (χ3v) is 4.25. The van der Waals surface area contributed by atoms with Crippen LogP contribution in [0.25, 0.3) is 10.9 Å². The molecule has 3 aromatic rings. The molecule has 2 heterocycles. The van der Waals surface area contributed by atoms with Crippen LogP contribution in [0.5, 0.6) is 0 Å². The highest BCUT2D eigenvalue weighted by molar-refractivity contribution is 9.10. The number of halogens is 1. The van der Waals surface area contributed by atoms with Gasteiger partial charge < -0.3 is 4.98 Å². The maximum Gasteiger partial charge on any atom is 0.282 e.